The summed E-state index contributed by atoms with van der Waals surface area (Å²) in [5, 5.41) is 2.29. The van der Waals surface area contributed by atoms with E-state index in [1.807, 2.05) is 52.9 Å². The molecular formula is C12H10INO2. The summed E-state index contributed by atoms with van der Waals surface area (Å²) < 4.78 is 0.526. The van der Waals surface area contributed by atoms with Crippen LogP contribution in [0, 0.1) is 0 Å². The Labute approximate surface area is 107 Å². The molecule has 0 bridgehead atoms. The van der Waals surface area contributed by atoms with Gasteiger partial charge in [0.25, 0.3) is 11.8 Å². The second kappa shape index (κ2) is 4.78. The van der Waals surface area contributed by atoms with Gasteiger partial charge in [-0.1, -0.05) is 30.3 Å². The number of rotatable bonds is 3. The third-order valence-electron chi connectivity index (χ3n) is 2.47. The highest BCUT2D eigenvalue weighted by Gasteiger charge is 2.27. The Balaban J connectivity index is 2.06. The maximum atomic E-state index is 11.4. The predicted octanol–water partition coefficient (Wildman–Crippen LogP) is 1.96. The van der Waals surface area contributed by atoms with E-state index in [1.54, 1.807) is 0 Å². The number of halogens is 1. The normalized spacial score (nSPS) is 15.6. The Hall–Kier alpha value is -1.17. The van der Waals surface area contributed by atoms with Crippen molar-refractivity contribution in [3.63, 3.8) is 0 Å². The Morgan fingerprint density at radius 3 is 2.25 bits per heavy atom. The van der Waals surface area contributed by atoms with Crippen LogP contribution in [0.4, 0.5) is 0 Å². The van der Waals surface area contributed by atoms with Gasteiger partial charge in [-0.2, -0.15) is 0 Å². The molecule has 4 heteroatoms. The smallest absolute Gasteiger partial charge is 0.264 e. The minimum atomic E-state index is -0.270. The number of aryl methyl sites for hydroxylation is 1. The van der Waals surface area contributed by atoms with Crippen molar-refractivity contribution in [2.24, 2.45) is 0 Å². The summed E-state index contributed by atoms with van der Waals surface area (Å²) >= 11 is 1.92. The zero-order valence-electron chi connectivity index (χ0n) is 8.50. The molecule has 82 valence electrons. The molecule has 1 aromatic rings. The average molecular weight is 327 g/mol. The Bertz CT molecular complexity index is 465. The summed E-state index contributed by atoms with van der Waals surface area (Å²) in [7, 11) is 0. The van der Waals surface area contributed by atoms with Crippen molar-refractivity contribution >= 4 is 34.4 Å². The zero-order valence-corrected chi connectivity index (χ0v) is 10.7. The molecule has 0 spiro atoms. The van der Waals surface area contributed by atoms with E-state index in [4.69, 9.17) is 0 Å². The fourth-order valence-electron chi connectivity index (χ4n) is 1.61. The molecule has 0 radical (unpaired) electrons. The van der Waals surface area contributed by atoms with Crippen LogP contribution in [0.25, 0.3) is 0 Å². The van der Waals surface area contributed by atoms with Crippen LogP contribution >= 0.6 is 22.6 Å². The third kappa shape index (κ3) is 2.32. The van der Waals surface area contributed by atoms with Crippen LogP contribution in [0.5, 0.6) is 0 Å². The van der Waals surface area contributed by atoms with E-state index in [0.29, 0.717) is 15.6 Å². The maximum absolute atomic E-state index is 11.4. The number of hydrogen-bond acceptors (Lipinski definition) is 2. The highest BCUT2D eigenvalue weighted by molar-refractivity contribution is 14.1. The molecule has 2 rings (SSSR count). The van der Waals surface area contributed by atoms with Crippen LogP contribution in [0.2, 0.25) is 0 Å². The molecule has 2 amide bonds. The van der Waals surface area contributed by atoms with Gasteiger partial charge in [-0.05, 0) is 41.0 Å². The molecule has 0 atom stereocenters. The number of carbonyl (C=O) groups excluding carboxylic acids is 2. The second-order valence-electron chi connectivity index (χ2n) is 3.56. The predicted molar refractivity (Wildman–Crippen MR) is 69.0 cm³/mol. The lowest BCUT2D eigenvalue weighted by atomic mass is 10.1. The molecule has 0 saturated heterocycles. The number of imide groups is 1. The van der Waals surface area contributed by atoms with Gasteiger partial charge in [-0.25, -0.2) is 0 Å². The van der Waals surface area contributed by atoms with Gasteiger partial charge in [-0.3, -0.25) is 14.9 Å². The van der Waals surface area contributed by atoms with Crippen molar-refractivity contribution in [2.75, 3.05) is 0 Å². The fraction of sp³-hybridized carbons (Fsp3) is 0.167. The summed E-state index contributed by atoms with van der Waals surface area (Å²) in [5.74, 6) is -0.515. The first kappa shape index (κ1) is 11.3. The number of carbonyl (C=O) groups is 2. The summed E-state index contributed by atoms with van der Waals surface area (Å²) in [6.45, 7) is 0. The quantitative estimate of drug-likeness (QED) is 0.681. The van der Waals surface area contributed by atoms with Crippen LogP contribution in [0.1, 0.15) is 12.0 Å². The minimum absolute atomic E-state index is 0.245. The van der Waals surface area contributed by atoms with Crippen LogP contribution in [0.15, 0.2) is 39.5 Å². The topological polar surface area (TPSA) is 46.2 Å². The van der Waals surface area contributed by atoms with Gasteiger partial charge in [-0.15, -0.1) is 0 Å². The maximum Gasteiger partial charge on any atom is 0.264 e. The summed E-state index contributed by atoms with van der Waals surface area (Å²) in [5.41, 5.74) is 1.78. The van der Waals surface area contributed by atoms with Gasteiger partial charge in [0.05, 0.1) is 3.58 Å². The number of amides is 2. The first-order valence-corrected chi connectivity index (χ1v) is 6.04. The fourth-order valence-corrected chi connectivity index (χ4v) is 2.26. The molecule has 1 heterocycles. The number of nitrogens with one attached hydrogen (secondary N) is 1. The van der Waals surface area contributed by atoms with E-state index in [-0.39, 0.29) is 11.8 Å². The lowest BCUT2D eigenvalue weighted by Crippen LogP contribution is -2.22. The SMILES string of the molecule is O=C1NC(=O)C(CCc2ccccc2)=C1I. The molecule has 1 aliphatic rings. The summed E-state index contributed by atoms with van der Waals surface area (Å²) in [4.78, 5) is 22.6. The Kier molecular flexibility index (Phi) is 3.38. The lowest BCUT2D eigenvalue weighted by Gasteiger charge is -2.01. The third-order valence-corrected chi connectivity index (χ3v) is 3.61. The summed E-state index contributed by atoms with van der Waals surface area (Å²) in [6, 6.07) is 9.92. The molecule has 0 saturated carbocycles. The van der Waals surface area contributed by atoms with Gasteiger partial charge in [0.15, 0.2) is 0 Å². The Morgan fingerprint density at radius 1 is 1.00 bits per heavy atom. The first-order valence-electron chi connectivity index (χ1n) is 4.97. The minimum Gasteiger partial charge on any atom is -0.288 e. The van der Waals surface area contributed by atoms with E-state index in [1.165, 1.54) is 5.56 Å². The zero-order chi connectivity index (χ0) is 11.5. The second-order valence-corrected chi connectivity index (χ2v) is 4.64. The first-order chi connectivity index (χ1) is 7.68. The van der Waals surface area contributed by atoms with E-state index < -0.39 is 0 Å². The van der Waals surface area contributed by atoms with Crippen LogP contribution in [0.3, 0.4) is 0 Å². The van der Waals surface area contributed by atoms with Crippen molar-refractivity contribution in [1.82, 2.24) is 5.32 Å². The van der Waals surface area contributed by atoms with Crippen molar-refractivity contribution in [3.05, 3.63) is 45.0 Å². The van der Waals surface area contributed by atoms with Crippen molar-refractivity contribution in [3.8, 4) is 0 Å². The van der Waals surface area contributed by atoms with E-state index in [9.17, 15) is 9.59 Å². The van der Waals surface area contributed by atoms with Crippen LogP contribution in [-0.4, -0.2) is 11.8 Å². The molecule has 16 heavy (non-hydrogen) atoms. The monoisotopic (exact) mass is 327 g/mol. The highest BCUT2D eigenvalue weighted by Crippen LogP contribution is 2.23. The molecule has 0 aliphatic carbocycles. The largest absolute Gasteiger partial charge is 0.288 e. The molecule has 0 aromatic heterocycles. The average Bonchev–Trinajstić information content (AvgIpc) is 2.53. The molecule has 0 unspecified atom stereocenters. The van der Waals surface area contributed by atoms with Gasteiger partial charge >= 0.3 is 0 Å². The molecule has 1 N–H and O–H groups in total. The van der Waals surface area contributed by atoms with Gasteiger partial charge in [0.2, 0.25) is 0 Å². The summed E-state index contributed by atoms with van der Waals surface area (Å²) in [6.07, 6.45) is 1.39. The van der Waals surface area contributed by atoms with E-state index >= 15 is 0 Å². The van der Waals surface area contributed by atoms with Crippen LogP contribution in [-0.2, 0) is 16.0 Å². The standard InChI is InChI=1S/C12H10INO2/c13-10-9(11(15)14-12(10)16)7-6-8-4-2-1-3-5-8/h1-5H,6-7H2,(H,14,15,16). The lowest BCUT2D eigenvalue weighted by molar-refractivity contribution is -0.123. The molecule has 1 aliphatic heterocycles. The van der Waals surface area contributed by atoms with Crippen molar-refractivity contribution in [2.45, 2.75) is 12.8 Å². The molecular weight excluding hydrogens is 317 g/mol. The van der Waals surface area contributed by atoms with E-state index in [0.717, 1.165) is 6.42 Å². The highest BCUT2D eigenvalue weighted by atomic mass is 127. The molecule has 1 aromatic carbocycles. The van der Waals surface area contributed by atoms with Crippen LogP contribution < -0.4 is 5.32 Å². The Morgan fingerprint density at radius 2 is 1.69 bits per heavy atom. The van der Waals surface area contributed by atoms with Gasteiger partial charge in [0, 0.05) is 5.57 Å². The molecule has 3 nitrogen and oxygen atoms in total. The van der Waals surface area contributed by atoms with Gasteiger partial charge < -0.3 is 0 Å². The number of benzene rings is 1. The van der Waals surface area contributed by atoms with Crippen molar-refractivity contribution in [1.29, 1.82) is 0 Å². The number of hydrogen-bond donors (Lipinski definition) is 1. The van der Waals surface area contributed by atoms with Crippen molar-refractivity contribution < 1.29 is 9.59 Å². The molecule has 0 fully saturated rings. The van der Waals surface area contributed by atoms with E-state index in [2.05, 4.69) is 5.32 Å². The van der Waals surface area contributed by atoms with Gasteiger partial charge in [0.1, 0.15) is 0 Å².